The Balaban J connectivity index is 0.000000540. The largest absolute Gasteiger partial charge is 0.359 e. The molecule has 1 aliphatic carbocycles. The zero-order chi connectivity index (χ0) is 21.4. The van der Waals surface area contributed by atoms with Crippen molar-refractivity contribution in [1.82, 2.24) is 10.6 Å². The van der Waals surface area contributed by atoms with Crippen molar-refractivity contribution < 1.29 is 14.4 Å². The fourth-order valence-electron chi connectivity index (χ4n) is 3.28. The van der Waals surface area contributed by atoms with E-state index in [9.17, 15) is 14.4 Å². The summed E-state index contributed by atoms with van der Waals surface area (Å²) in [5.74, 6) is 1.93. The monoisotopic (exact) mass is 396 g/mol. The molecule has 1 rings (SSSR count). The predicted octanol–water partition coefficient (Wildman–Crippen LogP) is 4.64. The van der Waals surface area contributed by atoms with E-state index in [1.807, 2.05) is 0 Å². The Morgan fingerprint density at radius 1 is 0.929 bits per heavy atom. The maximum absolute atomic E-state index is 11.7. The summed E-state index contributed by atoms with van der Waals surface area (Å²) in [5, 5.41) is 5.40. The van der Waals surface area contributed by atoms with Crippen molar-refractivity contribution >= 4 is 17.6 Å². The first kappa shape index (κ1) is 26.6. The van der Waals surface area contributed by atoms with Crippen LogP contribution >= 0.6 is 0 Å². The average molecular weight is 397 g/mol. The van der Waals surface area contributed by atoms with E-state index >= 15 is 0 Å². The van der Waals surface area contributed by atoms with E-state index in [0.29, 0.717) is 42.8 Å². The fourth-order valence-corrected chi connectivity index (χ4v) is 3.28. The first-order valence-electron chi connectivity index (χ1n) is 11.4. The highest BCUT2D eigenvalue weighted by Gasteiger charge is 2.24. The Morgan fingerprint density at radius 3 is 2.07 bits per heavy atom. The van der Waals surface area contributed by atoms with Gasteiger partial charge in [-0.05, 0) is 38.0 Å². The zero-order valence-electron chi connectivity index (χ0n) is 18.9. The highest BCUT2D eigenvalue weighted by Crippen LogP contribution is 2.27. The third-order valence-electron chi connectivity index (χ3n) is 5.85. The van der Waals surface area contributed by atoms with Crippen molar-refractivity contribution in [2.45, 2.75) is 98.3 Å². The van der Waals surface area contributed by atoms with Gasteiger partial charge in [0.1, 0.15) is 5.78 Å². The second kappa shape index (κ2) is 16.6. The van der Waals surface area contributed by atoms with Gasteiger partial charge < -0.3 is 10.6 Å². The summed E-state index contributed by atoms with van der Waals surface area (Å²) in [6, 6.07) is 0. The smallest absolute Gasteiger partial charge is 0.220 e. The van der Waals surface area contributed by atoms with Crippen LogP contribution in [0.4, 0.5) is 0 Å². The number of Topliss-reactive ketones (excluding diaryl/α,β-unsaturated/α-hetero) is 1. The van der Waals surface area contributed by atoms with Crippen LogP contribution in [0.5, 0.6) is 0 Å². The fraction of sp³-hybridized carbons (Fsp3) is 0.870. The molecule has 28 heavy (non-hydrogen) atoms. The van der Waals surface area contributed by atoms with Crippen LogP contribution in [0.2, 0.25) is 0 Å². The number of hydrogen-bond donors (Lipinski definition) is 2. The molecule has 2 unspecified atom stereocenters. The maximum Gasteiger partial charge on any atom is 0.220 e. The third-order valence-corrected chi connectivity index (χ3v) is 5.85. The summed E-state index contributed by atoms with van der Waals surface area (Å²) in [7, 11) is 1.61. The minimum atomic E-state index is -0.00703. The minimum absolute atomic E-state index is 0.00703. The van der Waals surface area contributed by atoms with Crippen molar-refractivity contribution in [1.29, 1.82) is 0 Å². The molecule has 2 N–H and O–H groups in total. The van der Waals surface area contributed by atoms with E-state index in [1.165, 1.54) is 19.3 Å². The molecule has 1 saturated carbocycles. The molecule has 0 aromatic carbocycles. The van der Waals surface area contributed by atoms with Crippen LogP contribution in [0.25, 0.3) is 0 Å². The molecule has 5 nitrogen and oxygen atoms in total. The van der Waals surface area contributed by atoms with Gasteiger partial charge in [-0.25, -0.2) is 0 Å². The van der Waals surface area contributed by atoms with Crippen LogP contribution in [-0.4, -0.2) is 31.2 Å². The summed E-state index contributed by atoms with van der Waals surface area (Å²) < 4.78 is 0. The third kappa shape index (κ3) is 12.9. The van der Waals surface area contributed by atoms with Crippen LogP contribution in [-0.2, 0) is 14.4 Å². The first-order chi connectivity index (χ1) is 13.3. The lowest BCUT2D eigenvalue weighted by atomic mass is 9.81. The second-order valence-corrected chi connectivity index (χ2v) is 8.23. The van der Waals surface area contributed by atoms with Crippen LogP contribution in [0.15, 0.2) is 0 Å². The number of rotatable bonds is 11. The number of amides is 2. The maximum atomic E-state index is 11.7. The van der Waals surface area contributed by atoms with Gasteiger partial charge in [-0.2, -0.15) is 0 Å². The van der Waals surface area contributed by atoms with Crippen molar-refractivity contribution in [3.8, 4) is 0 Å². The SMILES string of the molecule is CCC(C)C(=O)C1CCCCC1.CCC(C)CCNC(=O)CCCC(=O)NC. The van der Waals surface area contributed by atoms with Gasteiger partial charge in [0.25, 0.3) is 0 Å². The molecule has 5 heteroatoms. The summed E-state index contributed by atoms with van der Waals surface area (Å²) in [4.78, 5) is 34.0. The lowest BCUT2D eigenvalue weighted by molar-refractivity contribution is -0.127. The molecule has 2 atom stereocenters. The predicted molar refractivity (Wildman–Crippen MR) is 116 cm³/mol. The number of nitrogens with one attached hydrogen (secondary N) is 2. The normalized spacial score (nSPS) is 16.3. The molecule has 0 spiro atoms. The molecule has 0 aromatic rings. The van der Waals surface area contributed by atoms with Gasteiger partial charge in [0.05, 0.1) is 0 Å². The van der Waals surface area contributed by atoms with Gasteiger partial charge in [0.15, 0.2) is 0 Å². The highest BCUT2D eigenvalue weighted by atomic mass is 16.2. The van der Waals surface area contributed by atoms with Crippen molar-refractivity contribution in [3.63, 3.8) is 0 Å². The van der Waals surface area contributed by atoms with Crippen molar-refractivity contribution in [2.75, 3.05) is 13.6 Å². The van der Waals surface area contributed by atoms with Gasteiger partial charge in [-0.15, -0.1) is 0 Å². The van der Waals surface area contributed by atoms with Gasteiger partial charge >= 0.3 is 0 Å². The number of carbonyl (C=O) groups is 3. The summed E-state index contributed by atoms with van der Waals surface area (Å²) >= 11 is 0. The van der Waals surface area contributed by atoms with Crippen molar-refractivity contribution in [3.05, 3.63) is 0 Å². The molecule has 1 fully saturated rings. The minimum Gasteiger partial charge on any atom is -0.359 e. The summed E-state index contributed by atoms with van der Waals surface area (Å²) in [6.45, 7) is 9.24. The molecule has 0 aromatic heterocycles. The number of hydrogen-bond acceptors (Lipinski definition) is 3. The summed E-state index contributed by atoms with van der Waals surface area (Å²) in [6.07, 6.45) is 10.9. The van der Waals surface area contributed by atoms with Gasteiger partial charge in [0, 0.05) is 38.3 Å². The van der Waals surface area contributed by atoms with E-state index in [4.69, 9.17) is 0 Å². The molecule has 0 heterocycles. The summed E-state index contributed by atoms with van der Waals surface area (Å²) in [5.41, 5.74) is 0. The van der Waals surface area contributed by atoms with E-state index in [2.05, 4.69) is 38.3 Å². The molecule has 164 valence electrons. The van der Waals surface area contributed by atoms with E-state index in [-0.39, 0.29) is 11.8 Å². The second-order valence-electron chi connectivity index (χ2n) is 8.23. The molecule has 2 amide bonds. The Bertz CT molecular complexity index is 445. The average Bonchev–Trinajstić information content (AvgIpc) is 2.73. The van der Waals surface area contributed by atoms with Gasteiger partial charge in [-0.3, -0.25) is 14.4 Å². The Kier molecular flexibility index (Phi) is 15.7. The topological polar surface area (TPSA) is 75.3 Å². The van der Waals surface area contributed by atoms with E-state index < -0.39 is 0 Å². The Morgan fingerprint density at radius 2 is 1.54 bits per heavy atom. The van der Waals surface area contributed by atoms with Crippen LogP contribution in [0.3, 0.4) is 0 Å². The van der Waals surface area contributed by atoms with Crippen molar-refractivity contribution in [2.24, 2.45) is 17.8 Å². The standard InChI is InChI=1S/C12H24N2O2.C11H20O/c1-4-10(2)8-9-14-12(16)7-5-6-11(15)13-3;1-3-9(2)11(12)10-7-5-4-6-8-10/h10H,4-9H2,1-3H3,(H,13,15)(H,14,16);9-10H,3-8H2,1-2H3. The molecular weight excluding hydrogens is 352 g/mol. The molecule has 0 aliphatic heterocycles. The molecule has 0 bridgehead atoms. The van der Waals surface area contributed by atoms with E-state index in [0.717, 1.165) is 38.6 Å². The lowest BCUT2D eigenvalue weighted by Gasteiger charge is -2.22. The molecular formula is C23H44N2O3. The molecule has 0 radical (unpaired) electrons. The first-order valence-corrected chi connectivity index (χ1v) is 11.4. The molecule has 1 aliphatic rings. The lowest BCUT2D eigenvalue weighted by Crippen LogP contribution is -2.26. The van der Waals surface area contributed by atoms with Crippen LogP contribution in [0.1, 0.15) is 98.3 Å². The highest BCUT2D eigenvalue weighted by molar-refractivity contribution is 5.83. The van der Waals surface area contributed by atoms with Crippen LogP contribution < -0.4 is 10.6 Å². The Labute approximate surface area is 172 Å². The van der Waals surface area contributed by atoms with E-state index in [1.54, 1.807) is 7.05 Å². The van der Waals surface area contributed by atoms with Gasteiger partial charge in [0.2, 0.25) is 11.8 Å². The van der Waals surface area contributed by atoms with Crippen LogP contribution in [0, 0.1) is 17.8 Å². The number of ketones is 1. The molecule has 0 saturated heterocycles. The zero-order valence-corrected chi connectivity index (χ0v) is 18.9. The number of carbonyl (C=O) groups excluding carboxylic acids is 3. The Hall–Kier alpha value is -1.39. The van der Waals surface area contributed by atoms with Gasteiger partial charge in [-0.1, -0.05) is 53.4 Å². The quantitative estimate of drug-likeness (QED) is 0.534.